The number of aryl methyl sites for hydroxylation is 1. The van der Waals surface area contributed by atoms with E-state index in [0.717, 1.165) is 15.8 Å². The monoisotopic (exact) mass is 430 g/mol. The van der Waals surface area contributed by atoms with Crippen LogP contribution in [0.25, 0.3) is 10.2 Å². The molecule has 0 N–H and O–H groups in total. The van der Waals surface area contributed by atoms with Gasteiger partial charge in [0.15, 0.2) is 10.6 Å². The Morgan fingerprint density at radius 1 is 0.903 bits per heavy atom. The van der Waals surface area contributed by atoms with Crippen molar-refractivity contribution in [2.45, 2.75) is 13.5 Å². The Morgan fingerprint density at radius 2 is 1.58 bits per heavy atom. The van der Waals surface area contributed by atoms with E-state index >= 15 is 0 Å². The largest absolute Gasteiger partial charge is 0.383 e. The van der Waals surface area contributed by atoms with Crippen molar-refractivity contribution in [3.05, 3.63) is 99.9 Å². The molecule has 0 aliphatic heterocycles. The van der Waals surface area contributed by atoms with Gasteiger partial charge in [0, 0.05) is 30.3 Å². The van der Waals surface area contributed by atoms with Crippen LogP contribution >= 0.6 is 11.3 Å². The van der Waals surface area contributed by atoms with Gasteiger partial charge >= 0.3 is 0 Å². The minimum absolute atomic E-state index is 0.0751. The number of rotatable bonds is 6. The molecule has 5 nitrogen and oxygen atoms in total. The number of methoxy groups -OCH3 is 1. The molecule has 4 rings (SSSR count). The second-order valence-electron chi connectivity index (χ2n) is 7.14. The Balaban J connectivity index is 1.67. The Morgan fingerprint density at radius 3 is 2.29 bits per heavy atom. The molecule has 6 heteroatoms. The van der Waals surface area contributed by atoms with Gasteiger partial charge in [0.1, 0.15) is 0 Å². The van der Waals surface area contributed by atoms with Gasteiger partial charge < -0.3 is 9.30 Å². The van der Waals surface area contributed by atoms with Crippen LogP contribution in [-0.2, 0) is 11.3 Å². The minimum Gasteiger partial charge on any atom is -0.383 e. The fraction of sp³-hybridized carbons (Fsp3) is 0.160. The van der Waals surface area contributed by atoms with Crippen LogP contribution in [0.15, 0.2) is 77.8 Å². The lowest BCUT2D eigenvalue weighted by Gasteiger charge is -2.06. The second-order valence-corrected chi connectivity index (χ2v) is 8.15. The van der Waals surface area contributed by atoms with Crippen molar-refractivity contribution >= 4 is 33.2 Å². The minimum atomic E-state index is -0.339. The maximum atomic E-state index is 12.9. The molecule has 0 unspecified atom stereocenters. The smallest absolute Gasteiger partial charge is 0.279 e. The summed E-state index contributed by atoms with van der Waals surface area (Å²) >= 11 is 1.48. The fourth-order valence-electron chi connectivity index (χ4n) is 3.45. The number of aromatic nitrogens is 1. The van der Waals surface area contributed by atoms with Gasteiger partial charge in [-0.25, -0.2) is 0 Å². The Labute approximate surface area is 184 Å². The summed E-state index contributed by atoms with van der Waals surface area (Å²) in [7, 11) is 1.65. The number of carbonyl (C=O) groups is 2. The molecular weight excluding hydrogens is 408 g/mol. The SMILES string of the molecule is COCCn1c(=NC(=O)c2ccc(C(=O)c3ccccc3)cc2)sc2cccc(C)c21. The molecule has 0 aliphatic carbocycles. The van der Waals surface area contributed by atoms with Gasteiger partial charge in [0.2, 0.25) is 0 Å². The third-order valence-electron chi connectivity index (χ3n) is 5.05. The lowest BCUT2D eigenvalue weighted by atomic mass is 10.0. The number of carbonyl (C=O) groups excluding carboxylic acids is 2. The highest BCUT2D eigenvalue weighted by Crippen LogP contribution is 2.21. The van der Waals surface area contributed by atoms with Gasteiger partial charge in [0.25, 0.3) is 5.91 Å². The van der Waals surface area contributed by atoms with E-state index in [1.165, 1.54) is 11.3 Å². The van der Waals surface area contributed by atoms with Crippen LogP contribution in [0.3, 0.4) is 0 Å². The highest BCUT2D eigenvalue weighted by molar-refractivity contribution is 7.16. The molecule has 0 radical (unpaired) electrons. The molecule has 3 aromatic carbocycles. The summed E-state index contributed by atoms with van der Waals surface area (Å²) in [6.45, 7) is 3.18. The number of fused-ring (bicyclic) bond motifs is 1. The number of amides is 1. The molecule has 0 saturated heterocycles. The van der Waals surface area contributed by atoms with Crippen molar-refractivity contribution in [1.29, 1.82) is 0 Å². The summed E-state index contributed by atoms with van der Waals surface area (Å²) in [6.07, 6.45) is 0. The van der Waals surface area contributed by atoms with Crippen LogP contribution in [0, 0.1) is 6.92 Å². The third-order valence-corrected chi connectivity index (χ3v) is 6.09. The number of para-hydroxylation sites is 1. The first-order valence-corrected chi connectivity index (χ1v) is 10.8. The van der Waals surface area contributed by atoms with Gasteiger partial charge in [0.05, 0.1) is 16.8 Å². The normalized spacial score (nSPS) is 11.7. The molecule has 0 bridgehead atoms. The molecule has 0 saturated carbocycles. The average molecular weight is 431 g/mol. The molecule has 0 atom stereocenters. The van der Waals surface area contributed by atoms with Crippen molar-refractivity contribution in [1.82, 2.24) is 4.57 Å². The molecule has 4 aromatic rings. The van der Waals surface area contributed by atoms with Crippen LogP contribution in [0.4, 0.5) is 0 Å². The molecule has 1 heterocycles. The van der Waals surface area contributed by atoms with Crippen molar-refractivity contribution in [3.63, 3.8) is 0 Å². The van der Waals surface area contributed by atoms with Gasteiger partial charge in [-0.05, 0) is 30.7 Å². The number of ether oxygens (including phenoxy) is 1. The van der Waals surface area contributed by atoms with E-state index in [4.69, 9.17) is 4.74 Å². The zero-order chi connectivity index (χ0) is 21.8. The predicted molar refractivity (Wildman–Crippen MR) is 123 cm³/mol. The van der Waals surface area contributed by atoms with Crippen LogP contribution < -0.4 is 4.80 Å². The number of hydrogen-bond acceptors (Lipinski definition) is 4. The topological polar surface area (TPSA) is 60.7 Å². The van der Waals surface area contributed by atoms with E-state index in [1.807, 2.05) is 47.9 Å². The summed E-state index contributed by atoms with van der Waals surface area (Å²) < 4.78 is 8.35. The molecule has 0 spiro atoms. The zero-order valence-corrected chi connectivity index (χ0v) is 18.2. The molecule has 31 heavy (non-hydrogen) atoms. The summed E-state index contributed by atoms with van der Waals surface area (Å²) in [5, 5.41) is 0. The highest BCUT2D eigenvalue weighted by atomic mass is 32.1. The molecule has 0 fully saturated rings. The first-order valence-electron chi connectivity index (χ1n) is 9.95. The van der Waals surface area contributed by atoms with Gasteiger partial charge in [-0.3, -0.25) is 9.59 Å². The molecule has 1 amide bonds. The number of ketones is 1. The molecule has 1 aromatic heterocycles. The first kappa shape index (κ1) is 20.9. The number of hydrogen-bond donors (Lipinski definition) is 0. The molecular formula is C25H22N2O3S. The lowest BCUT2D eigenvalue weighted by Crippen LogP contribution is -2.19. The first-order chi connectivity index (χ1) is 15.1. The second kappa shape index (κ2) is 9.20. The average Bonchev–Trinajstić information content (AvgIpc) is 3.16. The fourth-order valence-corrected chi connectivity index (χ4v) is 4.59. The van der Waals surface area contributed by atoms with Gasteiger partial charge in [-0.2, -0.15) is 4.99 Å². The zero-order valence-electron chi connectivity index (χ0n) is 17.4. The highest BCUT2D eigenvalue weighted by Gasteiger charge is 2.13. The van der Waals surface area contributed by atoms with Gasteiger partial charge in [-0.1, -0.05) is 65.9 Å². The molecule has 156 valence electrons. The summed E-state index contributed by atoms with van der Waals surface area (Å²) in [6, 6.07) is 21.8. The standard InChI is InChI=1S/C25H22N2O3S/c1-17-7-6-10-21-22(17)27(15-16-30-2)25(31-21)26-24(29)20-13-11-19(12-14-20)23(28)18-8-4-3-5-9-18/h3-14H,15-16H2,1-2H3. The van der Waals surface area contributed by atoms with E-state index in [2.05, 4.69) is 4.99 Å². The number of nitrogens with zero attached hydrogens (tertiary/aromatic N) is 2. The van der Waals surface area contributed by atoms with Crippen molar-refractivity contribution in [2.75, 3.05) is 13.7 Å². The number of thiazole rings is 1. The maximum absolute atomic E-state index is 12.9. The van der Waals surface area contributed by atoms with Crippen molar-refractivity contribution in [3.8, 4) is 0 Å². The van der Waals surface area contributed by atoms with Gasteiger partial charge in [-0.15, -0.1) is 0 Å². The Hall–Kier alpha value is -3.35. The van der Waals surface area contributed by atoms with Crippen LogP contribution in [0.2, 0.25) is 0 Å². The van der Waals surface area contributed by atoms with Crippen LogP contribution in [0.1, 0.15) is 31.8 Å². The summed E-state index contributed by atoms with van der Waals surface area (Å²) in [5.41, 5.74) is 3.79. The van der Waals surface area contributed by atoms with E-state index in [1.54, 1.807) is 43.5 Å². The third kappa shape index (κ3) is 4.40. The Kier molecular flexibility index (Phi) is 6.21. The maximum Gasteiger partial charge on any atom is 0.279 e. The van der Waals surface area contributed by atoms with Crippen LogP contribution in [-0.4, -0.2) is 30.0 Å². The van der Waals surface area contributed by atoms with E-state index < -0.39 is 0 Å². The van der Waals surface area contributed by atoms with Crippen molar-refractivity contribution in [2.24, 2.45) is 4.99 Å². The summed E-state index contributed by atoms with van der Waals surface area (Å²) in [5.74, 6) is -0.414. The van der Waals surface area contributed by atoms with Crippen LogP contribution in [0.5, 0.6) is 0 Å². The van der Waals surface area contributed by atoms with E-state index in [-0.39, 0.29) is 11.7 Å². The van der Waals surface area contributed by atoms with E-state index in [0.29, 0.717) is 34.6 Å². The van der Waals surface area contributed by atoms with E-state index in [9.17, 15) is 9.59 Å². The Bertz CT molecular complexity index is 1300. The lowest BCUT2D eigenvalue weighted by molar-refractivity contribution is 0.0994. The summed E-state index contributed by atoms with van der Waals surface area (Å²) in [4.78, 5) is 30.5. The van der Waals surface area contributed by atoms with Crippen molar-refractivity contribution < 1.29 is 14.3 Å². The molecule has 0 aliphatic rings. The predicted octanol–water partition coefficient (Wildman–Crippen LogP) is 4.63. The number of benzene rings is 3. The quantitative estimate of drug-likeness (QED) is 0.419.